The average Bonchev–Trinajstić information content (AvgIpc) is 2.80. The molecule has 0 radical (unpaired) electrons. The molecule has 2 aliphatic rings. The molecule has 0 amide bonds. The fraction of sp³-hybridized carbons (Fsp3) is 1.00. The standard InChI is InChI=1S/C15H29N/c1-3-12-9-10-14(11-12)15(16-2)13-7-5-4-6-8-13/h12-16H,3-11H2,1-2H3. The van der Waals surface area contributed by atoms with Crippen molar-refractivity contribution >= 4 is 0 Å². The molecule has 0 saturated heterocycles. The highest BCUT2D eigenvalue weighted by atomic mass is 14.9. The normalized spacial score (nSPS) is 34.1. The summed E-state index contributed by atoms with van der Waals surface area (Å²) in [6.45, 7) is 2.36. The Morgan fingerprint density at radius 3 is 2.31 bits per heavy atom. The van der Waals surface area contributed by atoms with Gasteiger partial charge in [-0.3, -0.25) is 0 Å². The summed E-state index contributed by atoms with van der Waals surface area (Å²) in [4.78, 5) is 0. The van der Waals surface area contributed by atoms with Gasteiger partial charge in [0.1, 0.15) is 0 Å². The molecular formula is C15H29N. The number of hydrogen-bond acceptors (Lipinski definition) is 1. The van der Waals surface area contributed by atoms with Crippen molar-refractivity contribution in [3.8, 4) is 0 Å². The maximum absolute atomic E-state index is 3.66. The molecule has 3 atom stereocenters. The molecule has 16 heavy (non-hydrogen) atoms. The van der Waals surface area contributed by atoms with Gasteiger partial charge in [0.25, 0.3) is 0 Å². The van der Waals surface area contributed by atoms with Crippen molar-refractivity contribution < 1.29 is 0 Å². The highest BCUT2D eigenvalue weighted by Gasteiger charge is 2.34. The van der Waals surface area contributed by atoms with Crippen molar-refractivity contribution in [3.63, 3.8) is 0 Å². The van der Waals surface area contributed by atoms with E-state index in [0.717, 1.165) is 23.8 Å². The highest BCUT2D eigenvalue weighted by molar-refractivity contribution is 4.88. The van der Waals surface area contributed by atoms with Crippen molar-refractivity contribution in [2.24, 2.45) is 17.8 Å². The summed E-state index contributed by atoms with van der Waals surface area (Å²) >= 11 is 0. The van der Waals surface area contributed by atoms with Gasteiger partial charge in [-0.05, 0) is 50.5 Å². The Morgan fingerprint density at radius 2 is 1.75 bits per heavy atom. The Morgan fingerprint density at radius 1 is 1.00 bits per heavy atom. The molecule has 0 aromatic rings. The van der Waals surface area contributed by atoms with Gasteiger partial charge in [0.2, 0.25) is 0 Å². The fourth-order valence-electron chi connectivity index (χ4n) is 4.16. The summed E-state index contributed by atoms with van der Waals surface area (Å²) in [6.07, 6.45) is 13.3. The molecule has 2 aliphatic carbocycles. The predicted molar refractivity (Wildman–Crippen MR) is 70.5 cm³/mol. The fourth-order valence-corrected chi connectivity index (χ4v) is 4.16. The van der Waals surface area contributed by atoms with E-state index < -0.39 is 0 Å². The Labute approximate surface area is 101 Å². The van der Waals surface area contributed by atoms with E-state index in [-0.39, 0.29) is 0 Å². The lowest BCUT2D eigenvalue weighted by Gasteiger charge is -2.34. The van der Waals surface area contributed by atoms with E-state index in [2.05, 4.69) is 19.3 Å². The zero-order valence-corrected chi connectivity index (χ0v) is 11.2. The minimum Gasteiger partial charge on any atom is -0.316 e. The van der Waals surface area contributed by atoms with E-state index in [0.29, 0.717) is 0 Å². The van der Waals surface area contributed by atoms with Gasteiger partial charge >= 0.3 is 0 Å². The molecule has 1 N–H and O–H groups in total. The van der Waals surface area contributed by atoms with Crippen LogP contribution in [-0.2, 0) is 0 Å². The van der Waals surface area contributed by atoms with Crippen molar-refractivity contribution in [3.05, 3.63) is 0 Å². The second kappa shape index (κ2) is 6.05. The lowest BCUT2D eigenvalue weighted by Crippen LogP contribution is -2.40. The van der Waals surface area contributed by atoms with E-state index in [1.54, 1.807) is 0 Å². The van der Waals surface area contributed by atoms with Gasteiger partial charge in [-0.25, -0.2) is 0 Å². The minimum atomic E-state index is 0.830. The van der Waals surface area contributed by atoms with Crippen molar-refractivity contribution in [1.29, 1.82) is 0 Å². The quantitative estimate of drug-likeness (QED) is 0.760. The van der Waals surface area contributed by atoms with Gasteiger partial charge in [0, 0.05) is 6.04 Å². The zero-order valence-electron chi connectivity index (χ0n) is 11.2. The largest absolute Gasteiger partial charge is 0.316 e. The van der Waals surface area contributed by atoms with Gasteiger partial charge in [-0.2, -0.15) is 0 Å². The monoisotopic (exact) mass is 223 g/mol. The van der Waals surface area contributed by atoms with E-state index in [1.165, 1.54) is 57.8 Å². The van der Waals surface area contributed by atoms with Crippen molar-refractivity contribution in [2.75, 3.05) is 7.05 Å². The summed E-state index contributed by atoms with van der Waals surface area (Å²) in [6, 6.07) is 0.830. The second-order valence-corrected chi connectivity index (χ2v) is 6.06. The molecule has 3 unspecified atom stereocenters. The highest BCUT2D eigenvalue weighted by Crippen LogP contribution is 2.39. The summed E-state index contributed by atoms with van der Waals surface area (Å²) in [5, 5.41) is 3.66. The third-order valence-corrected chi connectivity index (χ3v) is 5.16. The molecule has 2 saturated carbocycles. The summed E-state index contributed by atoms with van der Waals surface area (Å²) in [5.74, 6) is 3.00. The van der Waals surface area contributed by atoms with Crippen LogP contribution in [0, 0.1) is 17.8 Å². The molecule has 0 heterocycles. The molecule has 1 nitrogen and oxygen atoms in total. The van der Waals surface area contributed by atoms with E-state index in [1.807, 2.05) is 0 Å². The van der Waals surface area contributed by atoms with Crippen LogP contribution in [-0.4, -0.2) is 13.1 Å². The summed E-state index contributed by atoms with van der Waals surface area (Å²) in [7, 11) is 2.19. The molecule has 94 valence electrons. The molecular weight excluding hydrogens is 194 g/mol. The first-order chi connectivity index (χ1) is 7.85. The first-order valence-electron chi connectivity index (χ1n) is 7.52. The van der Waals surface area contributed by atoms with Crippen molar-refractivity contribution in [1.82, 2.24) is 5.32 Å². The van der Waals surface area contributed by atoms with Crippen LogP contribution < -0.4 is 5.32 Å². The van der Waals surface area contributed by atoms with Crippen LogP contribution in [0.1, 0.15) is 64.7 Å². The first-order valence-corrected chi connectivity index (χ1v) is 7.52. The van der Waals surface area contributed by atoms with Gasteiger partial charge in [-0.15, -0.1) is 0 Å². The molecule has 2 rings (SSSR count). The zero-order chi connectivity index (χ0) is 11.4. The lowest BCUT2D eigenvalue weighted by molar-refractivity contribution is 0.213. The number of rotatable bonds is 4. The maximum atomic E-state index is 3.66. The van der Waals surface area contributed by atoms with Gasteiger partial charge in [0.15, 0.2) is 0 Å². The topological polar surface area (TPSA) is 12.0 Å². The molecule has 0 spiro atoms. The van der Waals surface area contributed by atoms with Crippen LogP contribution in [0.2, 0.25) is 0 Å². The van der Waals surface area contributed by atoms with Crippen LogP contribution in [0.5, 0.6) is 0 Å². The molecule has 0 bridgehead atoms. The Kier molecular flexibility index (Phi) is 4.69. The lowest BCUT2D eigenvalue weighted by atomic mass is 9.78. The SMILES string of the molecule is CCC1CCC(C(NC)C2CCCCC2)C1. The Balaban J connectivity index is 1.88. The molecule has 0 aliphatic heterocycles. The summed E-state index contributed by atoms with van der Waals surface area (Å²) < 4.78 is 0. The van der Waals surface area contributed by atoms with Crippen LogP contribution in [0.3, 0.4) is 0 Å². The molecule has 0 aromatic carbocycles. The molecule has 0 aromatic heterocycles. The maximum Gasteiger partial charge on any atom is 0.0121 e. The molecule has 2 fully saturated rings. The van der Waals surface area contributed by atoms with Crippen LogP contribution in [0.25, 0.3) is 0 Å². The van der Waals surface area contributed by atoms with Crippen molar-refractivity contribution in [2.45, 2.75) is 70.8 Å². The number of hydrogen-bond donors (Lipinski definition) is 1. The molecule has 1 heteroatoms. The smallest absolute Gasteiger partial charge is 0.0121 e. The van der Waals surface area contributed by atoms with E-state index in [9.17, 15) is 0 Å². The van der Waals surface area contributed by atoms with Crippen LogP contribution in [0.15, 0.2) is 0 Å². The third-order valence-electron chi connectivity index (χ3n) is 5.16. The Bertz CT molecular complexity index is 196. The van der Waals surface area contributed by atoms with Gasteiger partial charge in [-0.1, -0.05) is 39.0 Å². The first kappa shape index (κ1) is 12.4. The predicted octanol–water partition coefficient (Wildman–Crippen LogP) is 3.98. The van der Waals surface area contributed by atoms with Crippen LogP contribution >= 0.6 is 0 Å². The Hall–Kier alpha value is -0.0400. The van der Waals surface area contributed by atoms with Gasteiger partial charge < -0.3 is 5.32 Å². The number of nitrogens with one attached hydrogen (secondary N) is 1. The third kappa shape index (κ3) is 2.80. The second-order valence-electron chi connectivity index (χ2n) is 6.06. The van der Waals surface area contributed by atoms with E-state index in [4.69, 9.17) is 0 Å². The minimum absolute atomic E-state index is 0.830. The summed E-state index contributed by atoms with van der Waals surface area (Å²) in [5.41, 5.74) is 0. The average molecular weight is 223 g/mol. The van der Waals surface area contributed by atoms with E-state index >= 15 is 0 Å². The van der Waals surface area contributed by atoms with Crippen LogP contribution in [0.4, 0.5) is 0 Å². The van der Waals surface area contributed by atoms with Gasteiger partial charge in [0.05, 0.1) is 0 Å².